The summed E-state index contributed by atoms with van der Waals surface area (Å²) in [7, 11) is 0. The Kier molecular flexibility index (Phi) is 2.51. The van der Waals surface area contributed by atoms with E-state index in [-0.39, 0.29) is 12.5 Å². The second-order valence-corrected chi connectivity index (χ2v) is 3.36. The third kappa shape index (κ3) is 1.64. The van der Waals surface area contributed by atoms with Gasteiger partial charge in [-0.3, -0.25) is 0 Å². The van der Waals surface area contributed by atoms with E-state index < -0.39 is 0 Å². The molecular weight excluding hydrogens is 193 g/mol. The zero-order valence-corrected chi connectivity index (χ0v) is 8.44. The Morgan fingerprint density at radius 2 is 2.13 bits per heavy atom. The smallest absolute Gasteiger partial charge is 0.220 e. The summed E-state index contributed by atoms with van der Waals surface area (Å²) in [5.41, 5.74) is 7.54. The van der Waals surface area contributed by atoms with Gasteiger partial charge in [0.25, 0.3) is 0 Å². The van der Waals surface area contributed by atoms with E-state index in [9.17, 15) is 4.39 Å². The molecule has 0 aliphatic rings. The Hall–Kier alpha value is -1.68. The molecule has 1 aromatic carbocycles. The highest BCUT2D eigenvalue weighted by atomic mass is 19.1. The maximum atomic E-state index is 13.7. The van der Waals surface area contributed by atoms with Crippen LogP contribution in [0.5, 0.6) is 0 Å². The summed E-state index contributed by atoms with van der Waals surface area (Å²) in [5, 5.41) is 3.98. The van der Waals surface area contributed by atoms with Crippen LogP contribution >= 0.6 is 0 Å². The number of hydrogen-bond donors (Lipinski definition) is 1. The van der Waals surface area contributed by atoms with Crippen molar-refractivity contribution in [3.63, 3.8) is 0 Å². The van der Waals surface area contributed by atoms with E-state index in [1.165, 1.54) is 10.9 Å². The largest absolute Gasteiger partial charge is 0.326 e. The van der Waals surface area contributed by atoms with Gasteiger partial charge in [0, 0.05) is 12.1 Å². The predicted molar refractivity (Wildman–Crippen MR) is 56.2 cm³/mol. The zero-order valence-electron chi connectivity index (χ0n) is 8.44. The highest BCUT2D eigenvalue weighted by Crippen LogP contribution is 2.16. The predicted octanol–water partition coefficient (Wildman–Crippen LogP) is 1.78. The van der Waals surface area contributed by atoms with Crippen LogP contribution < -0.4 is 5.73 Å². The van der Waals surface area contributed by atoms with E-state index >= 15 is 0 Å². The van der Waals surface area contributed by atoms with Gasteiger partial charge in [0.2, 0.25) is 5.95 Å². The van der Waals surface area contributed by atoms with Gasteiger partial charge in [-0.15, -0.1) is 0 Å². The molecule has 2 aromatic rings. The Labute approximate surface area is 87.3 Å². The zero-order chi connectivity index (χ0) is 10.8. The van der Waals surface area contributed by atoms with Crippen molar-refractivity contribution in [2.24, 2.45) is 5.73 Å². The molecule has 0 fully saturated rings. The number of nitrogens with two attached hydrogens (primary N) is 1. The molecule has 0 aliphatic carbocycles. The van der Waals surface area contributed by atoms with Crippen LogP contribution in [0.4, 0.5) is 4.39 Å². The number of nitrogens with zero attached hydrogens (tertiary/aromatic N) is 2. The number of aromatic nitrogens is 2. The summed E-state index contributed by atoms with van der Waals surface area (Å²) in [6.07, 6.45) is 1.46. The summed E-state index contributed by atoms with van der Waals surface area (Å²) in [4.78, 5) is 0. The number of benzene rings is 1. The molecule has 15 heavy (non-hydrogen) atoms. The average molecular weight is 205 g/mol. The van der Waals surface area contributed by atoms with Crippen molar-refractivity contribution in [3.05, 3.63) is 47.5 Å². The summed E-state index contributed by atoms with van der Waals surface area (Å²) >= 11 is 0. The second kappa shape index (κ2) is 3.82. The maximum Gasteiger partial charge on any atom is 0.220 e. The topological polar surface area (TPSA) is 43.8 Å². The number of para-hydroxylation sites is 1. The number of halogens is 1. The lowest BCUT2D eigenvalue weighted by Gasteiger charge is -2.05. The fourth-order valence-corrected chi connectivity index (χ4v) is 1.47. The van der Waals surface area contributed by atoms with Gasteiger partial charge in [-0.05, 0) is 18.6 Å². The Morgan fingerprint density at radius 3 is 2.73 bits per heavy atom. The van der Waals surface area contributed by atoms with Crippen molar-refractivity contribution in [3.8, 4) is 5.69 Å². The summed E-state index contributed by atoms with van der Waals surface area (Å²) < 4.78 is 15.0. The molecule has 0 saturated heterocycles. The lowest BCUT2D eigenvalue weighted by atomic mass is 10.2. The number of rotatable bonds is 2. The van der Waals surface area contributed by atoms with Crippen molar-refractivity contribution in [2.45, 2.75) is 13.5 Å². The van der Waals surface area contributed by atoms with Crippen LogP contribution in [0.15, 0.2) is 30.5 Å². The SMILES string of the molecule is Cc1ccccc1-n1ncc(CN)c1F. The molecule has 0 saturated carbocycles. The Morgan fingerprint density at radius 1 is 1.40 bits per heavy atom. The summed E-state index contributed by atoms with van der Waals surface area (Å²) in [6.45, 7) is 2.08. The molecule has 0 atom stereocenters. The van der Waals surface area contributed by atoms with Gasteiger partial charge in [0.05, 0.1) is 11.9 Å². The first-order valence-electron chi connectivity index (χ1n) is 4.72. The van der Waals surface area contributed by atoms with Crippen LogP contribution in [0.2, 0.25) is 0 Å². The summed E-state index contributed by atoms with van der Waals surface area (Å²) in [6, 6.07) is 7.50. The van der Waals surface area contributed by atoms with Gasteiger partial charge >= 0.3 is 0 Å². The molecule has 0 spiro atoms. The third-order valence-electron chi connectivity index (χ3n) is 2.34. The second-order valence-electron chi connectivity index (χ2n) is 3.36. The van der Waals surface area contributed by atoms with Gasteiger partial charge in [-0.25, -0.2) is 4.68 Å². The quantitative estimate of drug-likeness (QED) is 0.812. The van der Waals surface area contributed by atoms with Crippen LogP contribution in [0.25, 0.3) is 5.69 Å². The average Bonchev–Trinajstić information content (AvgIpc) is 2.60. The van der Waals surface area contributed by atoms with Crippen molar-refractivity contribution in [1.29, 1.82) is 0 Å². The highest BCUT2D eigenvalue weighted by molar-refractivity contribution is 5.39. The monoisotopic (exact) mass is 205 g/mol. The standard InChI is InChI=1S/C11H12FN3/c1-8-4-2-3-5-10(8)15-11(12)9(6-13)7-14-15/h2-5,7H,6,13H2,1H3. The van der Waals surface area contributed by atoms with Crippen molar-refractivity contribution in [2.75, 3.05) is 0 Å². The summed E-state index contributed by atoms with van der Waals surface area (Å²) in [5.74, 6) is -0.383. The van der Waals surface area contributed by atoms with Gasteiger partial charge in [-0.1, -0.05) is 18.2 Å². The first kappa shape index (κ1) is 9.86. The minimum absolute atomic E-state index is 0.164. The highest BCUT2D eigenvalue weighted by Gasteiger charge is 2.11. The number of hydrogen-bond acceptors (Lipinski definition) is 2. The van der Waals surface area contributed by atoms with Crippen LogP contribution in [-0.2, 0) is 6.54 Å². The molecular formula is C11H12FN3. The van der Waals surface area contributed by atoms with Gasteiger partial charge in [0.15, 0.2) is 0 Å². The molecule has 1 aromatic heterocycles. The van der Waals surface area contributed by atoms with Gasteiger partial charge in [-0.2, -0.15) is 9.49 Å². The van der Waals surface area contributed by atoms with Crippen LogP contribution in [-0.4, -0.2) is 9.78 Å². The minimum atomic E-state index is -0.383. The molecule has 0 amide bonds. The maximum absolute atomic E-state index is 13.7. The third-order valence-corrected chi connectivity index (χ3v) is 2.34. The van der Waals surface area contributed by atoms with E-state index in [0.717, 1.165) is 11.3 Å². The lowest BCUT2D eigenvalue weighted by Crippen LogP contribution is -2.04. The van der Waals surface area contributed by atoms with E-state index in [1.807, 2.05) is 31.2 Å². The van der Waals surface area contributed by atoms with E-state index in [4.69, 9.17) is 5.73 Å². The molecule has 4 heteroatoms. The van der Waals surface area contributed by atoms with Gasteiger partial charge < -0.3 is 5.73 Å². The fraction of sp³-hybridized carbons (Fsp3) is 0.182. The Balaban J connectivity index is 2.55. The molecule has 0 bridgehead atoms. The van der Waals surface area contributed by atoms with Crippen molar-refractivity contribution in [1.82, 2.24) is 9.78 Å². The molecule has 2 N–H and O–H groups in total. The first-order chi connectivity index (χ1) is 7.24. The van der Waals surface area contributed by atoms with Crippen molar-refractivity contribution < 1.29 is 4.39 Å². The number of aryl methyl sites for hydroxylation is 1. The van der Waals surface area contributed by atoms with Crippen LogP contribution in [0, 0.1) is 12.9 Å². The molecule has 2 rings (SSSR count). The van der Waals surface area contributed by atoms with E-state index in [2.05, 4.69) is 5.10 Å². The van der Waals surface area contributed by atoms with Gasteiger partial charge in [0.1, 0.15) is 0 Å². The Bertz CT molecular complexity index is 476. The van der Waals surface area contributed by atoms with Crippen LogP contribution in [0.1, 0.15) is 11.1 Å². The molecule has 0 radical (unpaired) electrons. The minimum Gasteiger partial charge on any atom is -0.326 e. The molecule has 0 aliphatic heterocycles. The van der Waals surface area contributed by atoms with Crippen LogP contribution in [0.3, 0.4) is 0 Å². The fourth-order valence-electron chi connectivity index (χ4n) is 1.47. The normalized spacial score (nSPS) is 10.6. The van der Waals surface area contributed by atoms with Crippen molar-refractivity contribution >= 4 is 0 Å². The molecule has 3 nitrogen and oxygen atoms in total. The van der Waals surface area contributed by atoms with E-state index in [0.29, 0.717) is 5.56 Å². The molecule has 0 unspecified atom stereocenters. The molecule has 78 valence electrons. The van der Waals surface area contributed by atoms with E-state index in [1.54, 1.807) is 0 Å². The molecule has 1 heterocycles. The lowest BCUT2D eigenvalue weighted by molar-refractivity contribution is 0.526. The first-order valence-corrected chi connectivity index (χ1v) is 4.72.